The Morgan fingerprint density at radius 3 is 1.82 bits per heavy atom. The molecule has 40 heavy (non-hydrogen) atoms. The molecule has 0 atom stereocenters. The lowest BCUT2D eigenvalue weighted by atomic mass is 10.2. The van der Waals surface area contributed by atoms with E-state index in [2.05, 4.69) is 37.6 Å². The molecule has 0 aliphatic rings. The summed E-state index contributed by atoms with van der Waals surface area (Å²) >= 11 is 25.9. The van der Waals surface area contributed by atoms with Gasteiger partial charge in [-0.2, -0.15) is 0 Å². The van der Waals surface area contributed by atoms with Crippen LogP contribution in [-0.2, 0) is 0 Å². The van der Waals surface area contributed by atoms with E-state index in [1.54, 1.807) is 35.0 Å². The van der Waals surface area contributed by atoms with E-state index in [1.807, 2.05) is 24.3 Å². The van der Waals surface area contributed by atoms with Gasteiger partial charge in [0.25, 0.3) is 23.6 Å². The van der Waals surface area contributed by atoms with Gasteiger partial charge in [-0.3, -0.25) is 40.9 Å². The molecule has 4 N–H and O–H groups in total. The average molecular weight is 737 g/mol. The maximum absolute atomic E-state index is 12.2. The van der Waals surface area contributed by atoms with Crippen molar-refractivity contribution in [3.05, 3.63) is 97.7 Å². The molecular weight excluding hydrogens is 723 g/mol. The number of carbonyl (C=O) groups excluding carboxylic acids is 4. The number of halogens is 4. The van der Waals surface area contributed by atoms with Crippen LogP contribution in [0.1, 0.15) is 38.7 Å². The number of rotatable bonds is 4. The zero-order valence-electron chi connectivity index (χ0n) is 19.6. The van der Waals surface area contributed by atoms with Crippen molar-refractivity contribution in [2.24, 2.45) is 0 Å². The topological polar surface area (TPSA) is 116 Å². The summed E-state index contributed by atoms with van der Waals surface area (Å²) in [6, 6.07) is 14.1. The van der Waals surface area contributed by atoms with Gasteiger partial charge < -0.3 is 0 Å². The third kappa shape index (κ3) is 7.42. The Labute approximate surface area is 266 Å². The maximum atomic E-state index is 12.2. The highest BCUT2D eigenvalue weighted by Crippen LogP contribution is 2.35. The van der Waals surface area contributed by atoms with Gasteiger partial charge in [-0.1, -0.05) is 53.0 Å². The van der Waals surface area contributed by atoms with Crippen LogP contribution in [0.3, 0.4) is 0 Å². The molecule has 0 fully saturated rings. The number of hydrazine groups is 2. The van der Waals surface area contributed by atoms with Gasteiger partial charge in [-0.15, -0.1) is 45.3 Å². The van der Waals surface area contributed by atoms with E-state index in [9.17, 15) is 19.2 Å². The fraction of sp³-hybridized carbons (Fsp3) is 0. The van der Waals surface area contributed by atoms with E-state index >= 15 is 0 Å². The van der Waals surface area contributed by atoms with Gasteiger partial charge in [-0.25, -0.2) is 0 Å². The van der Waals surface area contributed by atoms with Crippen LogP contribution in [-0.4, -0.2) is 23.6 Å². The first-order chi connectivity index (χ1) is 19.2. The molecule has 0 bridgehead atoms. The molecule has 8 nitrogen and oxygen atoms in total. The number of thiophene rings is 4. The standard InChI is InChI=1S/C14H8BrClN2O2S2.C10H6Cl2N2O2S2/c15-8-5-6-21-11(8)13(19)17-18-14(20)12-10(16)7-3-1-2-4-9(7)22-12;11-5-3-4-17-8(5)10(16)14-13-9(15)6-1-2-7(12)18-6/h1-6H,(H,17,19)(H,18,20);1-4H,(H,13,15)(H,14,16). The largest absolute Gasteiger partial charge is 0.281 e. The molecule has 16 heteroatoms. The number of carbonyl (C=O) groups is 4. The van der Waals surface area contributed by atoms with E-state index in [1.165, 1.54) is 34.0 Å². The Bertz CT molecular complexity index is 1710. The molecule has 0 radical (unpaired) electrons. The van der Waals surface area contributed by atoms with Gasteiger partial charge in [0.2, 0.25) is 0 Å². The smallest absolute Gasteiger partial charge is 0.266 e. The molecule has 0 aliphatic heterocycles. The van der Waals surface area contributed by atoms with Crippen molar-refractivity contribution in [2.45, 2.75) is 0 Å². The molecule has 5 aromatic rings. The summed E-state index contributed by atoms with van der Waals surface area (Å²) in [5, 5.41) is 5.05. The number of amides is 4. The summed E-state index contributed by atoms with van der Waals surface area (Å²) < 4.78 is 2.11. The Kier molecular flexibility index (Phi) is 10.6. The van der Waals surface area contributed by atoms with Crippen molar-refractivity contribution < 1.29 is 19.2 Å². The molecule has 1 aromatic carbocycles. The highest BCUT2D eigenvalue weighted by molar-refractivity contribution is 9.10. The molecule has 0 saturated carbocycles. The molecule has 0 spiro atoms. The van der Waals surface area contributed by atoms with Crippen molar-refractivity contribution in [3.8, 4) is 0 Å². The number of hydrogen-bond acceptors (Lipinski definition) is 8. The number of fused-ring (bicyclic) bond motifs is 1. The Balaban J connectivity index is 0.000000189. The zero-order valence-corrected chi connectivity index (χ0v) is 26.7. The minimum Gasteiger partial charge on any atom is -0.266 e. The van der Waals surface area contributed by atoms with Crippen molar-refractivity contribution in [2.75, 3.05) is 0 Å². The second-order valence-corrected chi connectivity index (χ2v) is 13.6. The second-order valence-electron chi connectivity index (χ2n) is 7.36. The fourth-order valence-corrected chi connectivity index (χ4v) is 7.80. The number of nitrogens with one attached hydrogen (secondary N) is 4. The monoisotopic (exact) mass is 734 g/mol. The molecule has 0 saturated heterocycles. The van der Waals surface area contributed by atoms with Crippen molar-refractivity contribution in [1.29, 1.82) is 0 Å². The van der Waals surface area contributed by atoms with Crippen LogP contribution in [0.15, 0.2) is 63.8 Å². The number of hydrogen-bond donors (Lipinski definition) is 4. The fourth-order valence-electron chi connectivity index (χ4n) is 2.97. The van der Waals surface area contributed by atoms with Gasteiger partial charge in [0.1, 0.15) is 14.6 Å². The Hall–Kier alpha value is -2.49. The predicted octanol–water partition coefficient (Wildman–Crippen LogP) is 7.64. The van der Waals surface area contributed by atoms with Gasteiger partial charge in [0, 0.05) is 14.6 Å². The van der Waals surface area contributed by atoms with E-state index in [-0.39, 0.29) is 5.91 Å². The van der Waals surface area contributed by atoms with E-state index in [0.717, 1.165) is 21.4 Å². The highest BCUT2D eigenvalue weighted by atomic mass is 79.9. The maximum Gasteiger partial charge on any atom is 0.281 e. The van der Waals surface area contributed by atoms with E-state index < -0.39 is 17.7 Å². The molecule has 4 amide bonds. The first-order valence-electron chi connectivity index (χ1n) is 10.8. The van der Waals surface area contributed by atoms with Crippen LogP contribution in [0.25, 0.3) is 10.1 Å². The van der Waals surface area contributed by atoms with Crippen LogP contribution in [0.2, 0.25) is 14.4 Å². The molecule has 0 unspecified atom stereocenters. The van der Waals surface area contributed by atoms with Gasteiger partial charge in [0.15, 0.2) is 0 Å². The molecule has 5 rings (SSSR count). The first kappa shape index (κ1) is 30.5. The average Bonchev–Trinajstić information content (AvgIpc) is 3.74. The highest BCUT2D eigenvalue weighted by Gasteiger charge is 2.19. The summed E-state index contributed by atoms with van der Waals surface area (Å²) in [5.74, 6) is -1.70. The van der Waals surface area contributed by atoms with Crippen molar-refractivity contribution >= 4 is 130 Å². The molecule has 0 aliphatic carbocycles. The van der Waals surface area contributed by atoms with E-state index in [0.29, 0.717) is 38.4 Å². The van der Waals surface area contributed by atoms with Crippen LogP contribution < -0.4 is 21.7 Å². The first-order valence-corrected chi connectivity index (χ1v) is 16.1. The summed E-state index contributed by atoms with van der Waals surface area (Å²) in [6.45, 7) is 0. The lowest BCUT2D eigenvalue weighted by Crippen LogP contribution is -2.41. The molecule has 4 heterocycles. The van der Waals surface area contributed by atoms with Gasteiger partial charge >= 0.3 is 0 Å². The van der Waals surface area contributed by atoms with Gasteiger partial charge in [-0.05, 0) is 57.0 Å². The molecule has 206 valence electrons. The lowest BCUT2D eigenvalue weighted by molar-refractivity contribution is 0.0851. The lowest BCUT2D eigenvalue weighted by Gasteiger charge is -2.05. The third-order valence-corrected chi connectivity index (χ3v) is 10.8. The minimum atomic E-state index is -0.453. The van der Waals surface area contributed by atoms with Crippen LogP contribution in [0, 0.1) is 0 Å². The normalized spacial score (nSPS) is 10.4. The van der Waals surface area contributed by atoms with Crippen LogP contribution >= 0.6 is 96.1 Å². The number of benzene rings is 1. The molecular formula is C24H14BrCl3N4O4S4. The van der Waals surface area contributed by atoms with Gasteiger partial charge in [0.05, 0.1) is 19.3 Å². The third-order valence-electron chi connectivity index (χ3n) is 4.76. The van der Waals surface area contributed by atoms with Crippen LogP contribution in [0.4, 0.5) is 0 Å². The molecule has 4 aromatic heterocycles. The summed E-state index contributed by atoms with van der Waals surface area (Å²) in [6.07, 6.45) is 0. The quantitative estimate of drug-likeness (QED) is 0.142. The Morgan fingerprint density at radius 2 is 1.25 bits per heavy atom. The van der Waals surface area contributed by atoms with Crippen molar-refractivity contribution in [1.82, 2.24) is 21.7 Å². The van der Waals surface area contributed by atoms with Crippen molar-refractivity contribution in [3.63, 3.8) is 0 Å². The SMILES string of the molecule is O=C(NNC(=O)c1sc2ccccc2c1Cl)c1sccc1Br.O=C(NNC(=O)c1sccc1Cl)c1ccc(Cl)s1. The Morgan fingerprint density at radius 1 is 0.650 bits per heavy atom. The summed E-state index contributed by atoms with van der Waals surface area (Å²) in [7, 11) is 0. The minimum absolute atomic E-state index is 0.348. The van der Waals surface area contributed by atoms with Crippen LogP contribution in [0.5, 0.6) is 0 Å². The summed E-state index contributed by atoms with van der Waals surface area (Å²) in [4.78, 5) is 49.0. The predicted molar refractivity (Wildman–Crippen MR) is 167 cm³/mol. The summed E-state index contributed by atoms with van der Waals surface area (Å²) in [5.41, 5.74) is 9.35. The second kappa shape index (κ2) is 13.9. The zero-order chi connectivity index (χ0) is 28.8. The van der Waals surface area contributed by atoms with E-state index in [4.69, 9.17) is 34.8 Å².